The van der Waals surface area contributed by atoms with Crippen LogP contribution >= 0.6 is 23.2 Å². The molecule has 4 heteroatoms. The molecule has 0 aliphatic rings. The van der Waals surface area contributed by atoms with Crippen molar-refractivity contribution in [1.29, 1.82) is 0 Å². The minimum absolute atomic E-state index is 0.429. The van der Waals surface area contributed by atoms with Crippen LogP contribution in [-0.2, 0) is 6.54 Å². The SMILES string of the molecule is Cc1ccc(Oc2ccc(Cl)c(Cl)c2)c(CN)c1. The molecule has 0 atom stereocenters. The number of ether oxygens (including phenoxy) is 1. The summed E-state index contributed by atoms with van der Waals surface area (Å²) in [6.07, 6.45) is 0. The number of halogens is 2. The van der Waals surface area contributed by atoms with Gasteiger partial charge < -0.3 is 10.5 Å². The van der Waals surface area contributed by atoms with Crippen molar-refractivity contribution < 1.29 is 4.74 Å². The molecule has 2 nitrogen and oxygen atoms in total. The third-order valence-corrected chi connectivity index (χ3v) is 3.29. The zero-order chi connectivity index (χ0) is 13.1. The number of hydrogen-bond donors (Lipinski definition) is 1. The van der Waals surface area contributed by atoms with Gasteiger partial charge >= 0.3 is 0 Å². The zero-order valence-electron chi connectivity index (χ0n) is 9.91. The van der Waals surface area contributed by atoms with Gasteiger partial charge in [-0.2, -0.15) is 0 Å². The van der Waals surface area contributed by atoms with Gasteiger partial charge in [-0.05, 0) is 25.1 Å². The average Bonchev–Trinajstić information content (AvgIpc) is 2.36. The first-order valence-corrected chi connectivity index (χ1v) is 6.28. The summed E-state index contributed by atoms with van der Waals surface area (Å²) < 4.78 is 5.77. The van der Waals surface area contributed by atoms with Crippen molar-refractivity contribution in [1.82, 2.24) is 0 Å². The van der Waals surface area contributed by atoms with Gasteiger partial charge in [0.05, 0.1) is 10.0 Å². The first-order valence-electron chi connectivity index (χ1n) is 5.52. The molecule has 0 fully saturated rings. The summed E-state index contributed by atoms with van der Waals surface area (Å²) in [6.45, 7) is 2.44. The fourth-order valence-corrected chi connectivity index (χ4v) is 1.92. The van der Waals surface area contributed by atoms with E-state index in [1.807, 2.05) is 25.1 Å². The van der Waals surface area contributed by atoms with E-state index in [-0.39, 0.29) is 0 Å². The Bertz CT molecular complexity index is 570. The van der Waals surface area contributed by atoms with Crippen molar-refractivity contribution in [2.45, 2.75) is 13.5 Å². The summed E-state index contributed by atoms with van der Waals surface area (Å²) in [5.74, 6) is 1.38. The molecule has 0 spiro atoms. The van der Waals surface area contributed by atoms with Crippen LogP contribution in [0.4, 0.5) is 0 Å². The van der Waals surface area contributed by atoms with Gasteiger partial charge in [0.2, 0.25) is 0 Å². The topological polar surface area (TPSA) is 35.2 Å². The number of aryl methyl sites for hydroxylation is 1. The molecule has 94 valence electrons. The Labute approximate surface area is 116 Å². The van der Waals surface area contributed by atoms with E-state index < -0.39 is 0 Å². The van der Waals surface area contributed by atoms with Crippen LogP contribution in [0.1, 0.15) is 11.1 Å². The lowest BCUT2D eigenvalue weighted by Crippen LogP contribution is -2.00. The Morgan fingerprint density at radius 2 is 1.83 bits per heavy atom. The van der Waals surface area contributed by atoms with Crippen molar-refractivity contribution in [3.8, 4) is 11.5 Å². The van der Waals surface area contributed by atoms with Crippen molar-refractivity contribution in [3.05, 3.63) is 57.6 Å². The van der Waals surface area contributed by atoms with E-state index >= 15 is 0 Å². The fourth-order valence-electron chi connectivity index (χ4n) is 1.63. The molecule has 0 aromatic heterocycles. The second-order valence-electron chi connectivity index (χ2n) is 3.99. The number of rotatable bonds is 3. The van der Waals surface area contributed by atoms with Crippen LogP contribution in [0.3, 0.4) is 0 Å². The van der Waals surface area contributed by atoms with Crippen LogP contribution in [0.25, 0.3) is 0 Å². The smallest absolute Gasteiger partial charge is 0.131 e. The molecule has 0 aliphatic carbocycles. The Hall–Kier alpha value is -1.22. The maximum atomic E-state index is 5.94. The molecule has 18 heavy (non-hydrogen) atoms. The normalized spacial score (nSPS) is 10.4. The average molecular weight is 282 g/mol. The predicted molar refractivity (Wildman–Crippen MR) is 75.6 cm³/mol. The highest BCUT2D eigenvalue weighted by Crippen LogP contribution is 2.31. The summed E-state index contributed by atoms with van der Waals surface area (Å²) in [6, 6.07) is 11.0. The zero-order valence-corrected chi connectivity index (χ0v) is 11.4. The van der Waals surface area contributed by atoms with E-state index in [0.29, 0.717) is 22.3 Å². The van der Waals surface area contributed by atoms with E-state index in [1.165, 1.54) is 0 Å². The van der Waals surface area contributed by atoms with Crippen LogP contribution in [0, 0.1) is 6.92 Å². The van der Waals surface area contributed by atoms with Gasteiger partial charge in [-0.1, -0.05) is 40.9 Å². The quantitative estimate of drug-likeness (QED) is 0.896. The highest BCUT2D eigenvalue weighted by atomic mass is 35.5. The Morgan fingerprint density at radius 3 is 2.50 bits per heavy atom. The van der Waals surface area contributed by atoms with E-state index in [9.17, 15) is 0 Å². The van der Waals surface area contributed by atoms with Crippen LogP contribution in [0.15, 0.2) is 36.4 Å². The van der Waals surface area contributed by atoms with Gasteiger partial charge in [0, 0.05) is 18.2 Å². The molecule has 0 saturated heterocycles. The van der Waals surface area contributed by atoms with Crippen molar-refractivity contribution >= 4 is 23.2 Å². The van der Waals surface area contributed by atoms with E-state index in [1.54, 1.807) is 18.2 Å². The largest absolute Gasteiger partial charge is 0.457 e. The molecule has 2 aromatic carbocycles. The summed E-state index contributed by atoms with van der Waals surface area (Å²) in [7, 11) is 0. The van der Waals surface area contributed by atoms with Gasteiger partial charge in [0.25, 0.3) is 0 Å². The molecule has 0 saturated carbocycles. The summed E-state index contributed by atoms with van der Waals surface area (Å²) in [4.78, 5) is 0. The third-order valence-electron chi connectivity index (χ3n) is 2.55. The predicted octanol–water partition coefficient (Wildman–Crippen LogP) is 4.55. The molecule has 2 rings (SSSR count). The lowest BCUT2D eigenvalue weighted by atomic mass is 10.1. The van der Waals surface area contributed by atoms with E-state index in [4.69, 9.17) is 33.7 Å². The van der Waals surface area contributed by atoms with Crippen LogP contribution in [0.2, 0.25) is 10.0 Å². The summed E-state index contributed by atoms with van der Waals surface area (Å²) in [5, 5.41) is 0.975. The number of benzene rings is 2. The maximum Gasteiger partial charge on any atom is 0.131 e. The highest BCUT2D eigenvalue weighted by molar-refractivity contribution is 6.42. The first-order chi connectivity index (χ1) is 8.60. The third kappa shape index (κ3) is 2.96. The van der Waals surface area contributed by atoms with Gasteiger partial charge in [0.1, 0.15) is 11.5 Å². The molecule has 0 unspecified atom stereocenters. The maximum absolute atomic E-state index is 5.94. The molecule has 2 N–H and O–H groups in total. The summed E-state index contributed by atoms with van der Waals surface area (Å²) >= 11 is 11.8. The first kappa shape index (κ1) is 13.2. The molecule has 2 aromatic rings. The summed E-state index contributed by atoms with van der Waals surface area (Å²) in [5.41, 5.74) is 7.81. The van der Waals surface area contributed by atoms with Crippen molar-refractivity contribution in [3.63, 3.8) is 0 Å². The molecular weight excluding hydrogens is 269 g/mol. The van der Waals surface area contributed by atoms with Gasteiger partial charge in [-0.25, -0.2) is 0 Å². The van der Waals surface area contributed by atoms with Gasteiger partial charge in [0.15, 0.2) is 0 Å². The molecule has 0 amide bonds. The van der Waals surface area contributed by atoms with Crippen molar-refractivity contribution in [2.24, 2.45) is 5.73 Å². The van der Waals surface area contributed by atoms with Crippen LogP contribution in [0.5, 0.6) is 11.5 Å². The van der Waals surface area contributed by atoms with Crippen LogP contribution in [-0.4, -0.2) is 0 Å². The van der Waals surface area contributed by atoms with Gasteiger partial charge in [-0.3, -0.25) is 0 Å². The minimum atomic E-state index is 0.429. The second kappa shape index (κ2) is 5.61. The van der Waals surface area contributed by atoms with E-state index in [0.717, 1.165) is 16.9 Å². The molecule has 0 aliphatic heterocycles. The Balaban J connectivity index is 2.30. The number of nitrogens with two attached hydrogens (primary N) is 1. The van der Waals surface area contributed by atoms with Gasteiger partial charge in [-0.15, -0.1) is 0 Å². The Kier molecular flexibility index (Phi) is 4.12. The number of hydrogen-bond acceptors (Lipinski definition) is 2. The molecular formula is C14H13Cl2NO. The second-order valence-corrected chi connectivity index (χ2v) is 4.81. The van der Waals surface area contributed by atoms with Crippen molar-refractivity contribution in [2.75, 3.05) is 0 Å². The van der Waals surface area contributed by atoms with Crippen LogP contribution < -0.4 is 10.5 Å². The monoisotopic (exact) mass is 281 g/mol. The lowest BCUT2D eigenvalue weighted by molar-refractivity contribution is 0.476. The molecule has 0 bridgehead atoms. The standard InChI is InChI=1S/C14H13Cl2NO/c1-9-2-5-14(10(6-9)8-17)18-11-3-4-12(15)13(16)7-11/h2-7H,8,17H2,1H3. The van der Waals surface area contributed by atoms with E-state index in [2.05, 4.69) is 0 Å². The fraction of sp³-hybridized carbons (Fsp3) is 0.143. The lowest BCUT2D eigenvalue weighted by Gasteiger charge is -2.11. The minimum Gasteiger partial charge on any atom is -0.457 e. The molecule has 0 heterocycles. The Morgan fingerprint density at radius 1 is 1.06 bits per heavy atom. The molecule has 0 radical (unpaired) electrons. The highest BCUT2D eigenvalue weighted by Gasteiger charge is 2.06.